The van der Waals surface area contributed by atoms with Crippen LogP contribution >= 0.6 is 0 Å². The van der Waals surface area contributed by atoms with E-state index in [0.717, 1.165) is 5.56 Å². The van der Waals surface area contributed by atoms with Crippen molar-refractivity contribution in [3.63, 3.8) is 0 Å². The average Bonchev–Trinajstić information content (AvgIpc) is 3.06. The van der Waals surface area contributed by atoms with Crippen LogP contribution in [0.4, 0.5) is 10.1 Å². The number of halogens is 1. The van der Waals surface area contributed by atoms with Crippen LogP contribution in [0.3, 0.4) is 0 Å². The smallest absolute Gasteiger partial charge is 0.255 e. The first kappa shape index (κ1) is 14.7. The topological polar surface area (TPSA) is 59.3 Å². The van der Waals surface area contributed by atoms with Crippen LogP contribution < -0.4 is 5.32 Å². The molecular formula is C18H12FNO3. The van der Waals surface area contributed by atoms with Gasteiger partial charge in [-0.05, 0) is 48.5 Å². The number of benzene rings is 2. The summed E-state index contributed by atoms with van der Waals surface area (Å²) in [7, 11) is 0. The van der Waals surface area contributed by atoms with Gasteiger partial charge in [-0.3, -0.25) is 9.59 Å². The summed E-state index contributed by atoms with van der Waals surface area (Å²) in [5.74, 6) is 0.146. The number of rotatable bonds is 4. The minimum atomic E-state index is -0.361. The summed E-state index contributed by atoms with van der Waals surface area (Å²) in [5.41, 5.74) is 1.74. The van der Waals surface area contributed by atoms with Crippen molar-refractivity contribution < 1.29 is 18.4 Å². The molecule has 3 aromatic rings. The first-order chi connectivity index (χ1) is 11.2. The van der Waals surface area contributed by atoms with E-state index in [2.05, 4.69) is 5.32 Å². The number of hydrogen-bond acceptors (Lipinski definition) is 3. The highest BCUT2D eigenvalue weighted by molar-refractivity contribution is 6.04. The van der Waals surface area contributed by atoms with E-state index in [1.165, 1.54) is 24.3 Å². The van der Waals surface area contributed by atoms with Crippen molar-refractivity contribution in [1.29, 1.82) is 0 Å². The average molecular weight is 309 g/mol. The molecule has 4 nitrogen and oxygen atoms in total. The molecule has 0 bridgehead atoms. The second kappa shape index (κ2) is 6.27. The Bertz CT molecular complexity index is 835. The fourth-order valence-electron chi connectivity index (χ4n) is 2.09. The molecule has 0 radical (unpaired) electrons. The Balaban J connectivity index is 1.74. The number of furan rings is 1. The van der Waals surface area contributed by atoms with Crippen LogP contribution in [-0.4, -0.2) is 12.2 Å². The molecule has 1 amide bonds. The first-order valence-corrected chi connectivity index (χ1v) is 6.88. The van der Waals surface area contributed by atoms with Gasteiger partial charge in [-0.1, -0.05) is 12.1 Å². The molecule has 0 fully saturated rings. The summed E-state index contributed by atoms with van der Waals surface area (Å²) < 4.78 is 18.2. The van der Waals surface area contributed by atoms with E-state index in [0.29, 0.717) is 23.3 Å². The Kier molecular flexibility index (Phi) is 4.01. The van der Waals surface area contributed by atoms with Gasteiger partial charge in [0.2, 0.25) is 0 Å². The SMILES string of the molecule is O=Cc1ccc(-c2ccc(C(=O)Nc3ccc(F)cc3)cc2)o1. The molecule has 5 heteroatoms. The van der Waals surface area contributed by atoms with E-state index in [1.54, 1.807) is 36.4 Å². The van der Waals surface area contributed by atoms with Crippen molar-refractivity contribution in [2.75, 3.05) is 5.32 Å². The van der Waals surface area contributed by atoms with Gasteiger partial charge in [-0.2, -0.15) is 0 Å². The van der Waals surface area contributed by atoms with Crippen molar-refractivity contribution in [3.8, 4) is 11.3 Å². The van der Waals surface area contributed by atoms with Crippen LogP contribution in [0.15, 0.2) is 65.1 Å². The highest BCUT2D eigenvalue weighted by Gasteiger charge is 2.08. The van der Waals surface area contributed by atoms with Crippen molar-refractivity contribution in [3.05, 3.63) is 77.8 Å². The van der Waals surface area contributed by atoms with Crippen molar-refractivity contribution in [2.24, 2.45) is 0 Å². The van der Waals surface area contributed by atoms with Gasteiger partial charge >= 0.3 is 0 Å². The zero-order valence-electron chi connectivity index (χ0n) is 12.0. The lowest BCUT2D eigenvalue weighted by Crippen LogP contribution is -2.11. The molecule has 114 valence electrons. The molecule has 0 aliphatic carbocycles. The Morgan fingerprint density at radius 2 is 1.65 bits per heavy atom. The first-order valence-electron chi connectivity index (χ1n) is 6.88. The Morgan fingerprint density at radius 3 is 2.26 bits per heavy atom. The van der Waals surface area contributed by atoms with Crippen molar-refractivity contribution >= 4 is 17.9 Å². The van der Waals surface area contributed by atoms with Gasteiger partial charge in [0.1, 0.15) is 11.6 Å². The van der Waals surface area contributed by atoms with Crippen LogP contribution in [0, 0.1) is 5.82 Å². The van der Waals surface area contributed by atoms with Crippen LogP contribution in [0.1, 0.15) is 20.9 Å². The standard InChI is InChI=1S/C18H12FNO3/c19-14-5-7-15(8-6-14)20-18(22)13-3-1-12(2-4-13)17-10-9-16(11-21)23-17/h1-11H,(H,20,22). The van der Waals surface area contributed by atoms with E-state index in [9.17, 15) is 14.0 Å². The fourth-order valence-corrected chi connectivity index (χ4v) is 2.09. The predicted molar refractivity (Wildman–Crippen MR) is 83.9 cm³/mol. The van der Waals surface area contributed by atoms with E-state index in [1.807, 2.05) is 0 Å². The maximum atomic E-state index is 12.8. The van der Waals surface area contributed by atoms with Crippen LogP contribution in [0.25, 0.3) is 11.3 Å². The largest absolute Gasteiger partial charge is 0.453 e. The summed E-state index contributed by atoms with van der Waals surface area (Å²) in [4.78, 5) is 22.7. The molecule has 0 aliphatic heterocycles. The number of aldehydes is 1. The zero-order chi connectivity index (χ0) is 16.2. The lowest BCUT2D eigenvalue weighted by Gasteiger charge is -2.05. The van der Waals surface area contributed by atoms with Gasteiger partial charge in [-0.15, -0.1) is 0 Å². The number of hydrogen-bond donors (Lipinski definition) is 1. The fraction of sp³-hybridized carbons (Fsp3) is 0. The van der Waals surface area contributed by atoms with E-state index in [4.69, 9.17) is 4.42 Å². The molecule has 0 saturated carbocycles. The number of amides is 1. The van der Waals surface area contributed by atoms with E-state index < -0.39 is 0 Å². The molecular weight excluding hydrogens is 297 g/mol. The predicted octanol–water partition coefficient (Wildman–Crippen LogP) is 4.15. The molecule has 2 aromatic carbocycles. The lowest BCUT2D eigenvalue weighted by molar-refractivity contribution is 0.102. The molecule has 1 heterocycles. The number of anilines is 1. The van der Waals surface area contributed by atoms with E-state index >= 15 is 0 Å². The lowest BCUT2D eigenvalue weighted by atomic mass is 10.1. The van der Waals surface area contributed by atoms with Gasteiger partial charge in [-0.25, -0.2) is 4.39 Å². The Hall–Kier alpha value is -3.21. The highest BCUT2D eigenvalue weighted by Crippen LogP contribution is 2.22. The monoisotopic (exact) mass is 309 g/mol. The van der Waals surface area contributed by atoms with Gasteiger partial charge in [0, 0.05) is 16.8 Å². The number of carbonyl (C=O) groups is 2. The third kappa shape index (κ3) is 3.35. The minimum absolute atomic E-state index is 0.248. The molecule has 23 heavy (non-hydrogen) atoms. The molecule has 0 aliphatic rings. The van der Waals surface area contributed by atoms with Crippen LogP contribution in [-0.2, 0) is 0 Å². The summed E-state index contributed by atoms with van der Waals surface area (Å²) >= 11 is 0. The number of nitrogens with one attached hydrogen (secondary N) is 1. The number of carbonyl (C=O) groups excluding carboxylic acids is 2. The molecule has 0 saturated heterocycles. The molecule has 1 N–H and O–H groups in total. The van der Waals surface area contributed by atoms with Gasteiger partial charge in [0.25, 0.3) is 5.91 Å². The van der Waals surface area contributed by atoms with E-state index in [-0.39, 0.29) is 17.5 Å². The summed E-state index contributed by atoms with van der Waals surface area (Å²) in [6.45, 7) is 0. The molecule has 0 unspecified atom stereocenters. The Morgan fingerprint density at radius 1 is 0.957 bits per heavy atom. The van der Waals surface area contributed by atoms with Gasteiger partial charge in [0.15, 0.2) is 12.0 Å². The molecule has 0 spiro atoms. The second-order valence-corrected chi connectivity index (χ2v) is 4.86. The zero-order valence-corrected chi connectivity index (χ0v) is 12.0. The normalized spacial score (nSPS) is 10.3. The third-order valence-electron chi connectivity index (χ3n) is 3.28. The van der Waals surface area contributed by atoms with Crippen molar-refractivity contribution in [1.82, 2.24) is 0 Å². The van der Waals surface area contributed by atoms with Crippen LogP contribution in [0.5, 0.6) is 0 Å². The minimum Gasteiger partial charge on any atom is -0.453 e. The second-order valence-electron chi connectivity index (χ2n) is 4.86. The summed E-state index contributed by atoms with van der Waals surface area (Å²) in [6, 6.07) is 15.6. The quantitative estimate of drug-likeness (QED) is 0.736. The molecule has 0 atom stereocenters. The Labute approximate surface area is 131 Å². The highest BCUT2D eigenvalue weighted by atomic mass is 19.1. The molecule has 1 aromatic heterocycles. The summed E-state index contributed by atoms with van der Waals surface area (Å²) in [5, 5.41) is 2.68. The van der Waals surface area contributed by atoms with Crippen molar-refractivity contribution in [2.45, 2.75) is 0 Å². The van der Waals surface area contributed by atoms with Gasteiger partial charge in [0.05, 0.1) is 0 Å². The third-order valence-corrected chi connectivity index (χ3v) is 3.28. The van der Waals surface area contributed by atoms with Crippen LogP contribution in [0.2, 0.25) is 0 Å². The summed E-state index contributed by atoms with van der Waals surface area (Å²) in [6.07, 6.45) is 0.633. The maximum Gasteiger partial charge on any atom is 0.255 e. The maximum absolute atomic E-state index is 12.8. The molecule has 3 rings (SSSR count). The van der Waals surface area contributed by atoms with Gasteiger partial charge < -0.3 is 9.73 Å².